The number of rotatable bonds is 6. The maximum absolute atomic E-state index is 12.6. The van der Waals surface area contributed by atoms with Crippen molar-refractivity contribution in [1.82, 2.24) is 25.5 Å². The molecule has 8 nitrogen and oxygen atoms in total. The van der Waals surface area contributed by atoms with Crippen LogP contribution in [0.3, 0.4) is 0 Å². The van der Waals surface area contributed by atoms with Crippen molar-refractivity contribution in [2.45, 2.75) is 50.6 Å². The molecule has 1 saturated carbocycles. The summed E-state index contributed by atoms with van der Waals surface area (Å²) in [6.45, 7) is 1.68. The first kappa shape index (κ1) is 17.1. The molecule has 0 radical (unpaired) electrons. The number of carboxylic acid groups (broad SMARTS) is 1. The van der Waals surface area contributed by atoms with Gasteiger partial charge in [0.15, 0.2) is 0 Å². The Balaban J connectivity index is 1.72. The molecule has 1 heterocycles. The summed E-state index contributed by atoms with van der Waals surface area (Å²) in [5.74, 6) is -0.748. The Kier molecular flexibility index (Phi) is 4.78. The molecule has 1 aromatic heterocycles. The summed E-state index contributed by atoms with van der Waals surface area (Å²) in [7, 11) is 0. The highest BCUT2D eigenvalue weighted by atomic mass is 16.4. The van der Waals surface area contributed by atoms with E-state index < -0.39 is 17.6 Å². The standard InChI is InChI=1S/C17H21N5O3/c1-12(16(25)18-17(11-14(23)24)9-5-6-10-17)22-20-15(19-21-22)13-7-3-2-4-8-13/h2-4,7-8,12H,5-6,9-11H2,1H3,(H,18,25)(H,23,24). The number of aromatic nitrogens is 4. The Morgan fingerprint density at radius 2 is 1.96 bits per heavy atom. The second kappa shape index (κ2) is 7.00. The van der Waals surface area contributed by atoms with Crippen LogP contribution in [0.4, 0.5) is 0 Å². The van der Waals surface area contributed by atoms with Gasteiger partial charge in [-0.1, -0.05) is 43.2 Å². The lowest BCUT2D eigenvalue weighted by Crippen LogP contribution is -2.50. The first-order valence-electron chi connectivity index (χ1n) is 8.38. The molecule has 1 unspecified atom stereocenters. The van der Waals surface area contributed by atoms with Gasteiger partial charge in [0.2, 0.25) is 11.7 Å². The van der Waals surface area contributed by atoms with Crippen LogP contribution in [0.5, 0.6) is 0 Å². The Morgan fingerprint density at radius 3 is 2.60 bits per heavy atom. The molecule has 132 valence electrons. The summed E-state index contributed by atoms with van der Waals surface area (Å²) in [5.41, 5.74) is 0.152. The fourth-order valence-corrected chi connectivity index (χ4v) is 3.25. The number of amides is 1. The predicted molar refractivity (Wildman–Crippen MR) is 89.6 cm³/mol. The van der Waals surface area contributed by atoms with E-state index in [4.69, 9.17) is 5.11 Å². The van der Waals surface area contributed by atoms with Gasteiger partial charge >= 0.3 is 5.97 Å². The molecule has 0 spiro atoms. The van der Waals surface area contributed by atoms with Gasteiger partial charge in [0.1, 0.15) is 6.04 Å². The summed E-state index contributed by atoms with van der Waals surface area (Å²) in [6.07, 6.45) is 3.13. The van der Waals surface area contributed by atoms with E-state index in [0.717, 1.165) is 18.4 Å². The molecule has 0 aliphatic heterocycles. The minimum atomic E-state index is -0.903. The van der Waals surface area contributed by atoms with E-state index in [1.165, 1.54) is 4.80 Å². The van der Waals surface area contributed by atoms with Gasteiger partial charge in [0.25, 0.3) is 0 Å². The number of carboxylic acids is 1. The van der Waals surface area contributed by atoms with Crippen molar-refractivity contribution in [3.8, 4) is 11.4 Å². The summed E-state index contributed by atoms with van der Waals surface area (Å²) in [4.78, 5) is 25.0. The van der Waals surface area contributed by atoms with Gasteiger partial charge in [0, 0.05) is 5.56 Å². The van der Waals surface area contributed by atoms with Crippen LogP contribution in [-0.4, -0.2) is 42.7 Å². The number of tetrazole rings is 1. The summed E-state index contributed by atoms with van der Waals surface area (Å²) in [6, 6.07) is 8.72. The minimum Gasteiger partial charge on any atom is -0.481 e. The first-order valence-corrected chi connectivity index (χ1v) is 8.38. The number of hydrogen-bond acceptors (Lipinski definition) is 5. The predicted octanol–water partition coefficient (Wildman–Crippen LogP) is 1.80. The van der Waals surface area contributed by atoms with Crippen LogP contribution in [0.15, 0.2) is 30.3 Å². The highest BCUT2D eigenvalue weighted by Gasteiger charge is 2.38. The van der Waals surface area contributed by atoms with Gasteiger partial charge in [-0.3, -0.25) is 9.59 Å². The lowest BCUT2D eigenvalue weighted by atomic mass is 9.93. The number of aliphatic carboxylic acids is 1. The quantitative estimate of drug-likeness (QED) is 0.827. The number of benzene rings is 1. The monoisotopic (exact) mass is 343 g/mol. The average Bonchev–Trinajstić information content (AvgIpc) is 3.24. The molecule has 1 fully saturated rings. The van der Waals surface area contributed by atoms with Crippen molar-refractivity contribution in [1.29, 1.82) is 0 Å². The third-order valence-electron chi connectivity index (χ3n) is 4.62. The lowest BCUT2D eigenvalue weighted by Gasteiger charge is -2.29. The molecule has 1 amide bonds. The van der Waals surface area contributed by atoms with Crippen molar-refractivity contribution in [2.75, 3.05) is 0 Å². The van der Waals surface area contributed by atoms with Crippen LogP contribution in [-0.2, 0) is 9.59 Å². The molecule has 0 bridgehead atoms. The van der Waals surface area contributed by atoms with Crippen LogP contribution < -0.4 is 5.32 Å². The molecule has 3 rings (SSSR count). The highest BCUT2D eigenvalue weighted by Crippen LogP contribution is 2.33. The van der Waals surface area contributed by atoms with Crippen molar-refractivity contribution >= 4 is 11.9 Å². The summed E-state index contributed by atoms with van der Waals surface area (Å²) < 4.78 is 0. The van der Waals surface area contributed by atoms with Crippen LogP contribution in [0.25, 0.3) is 11.4 Å². The van der Waals surface area contributed by atoms with Crippen LogP contribution in [0.1, 0.15) is 45.1 Å². The molecular weight excluding hydrogens is 322 g/mol. The minimum absolute atomic E-state index is 0.0640. The summed E-state index contributed by atoms with van der Waals surface area (Å²) >= 11 is 0. The van der Waals surface area contributed by atoms with Crippen molar-refractivity contribution < 1.29 is 14.7 Å². The second-order valence-electron chi connectivity index (χ2n) is 6.52. The number of nitrogens with one attached hydrogen (secondary N) is 1. The molecular formula is C17H21N5O3. The molecule has 2 N–H and O–H groups in total. The molecule has 8 heteroatoms. The van der Waals surface area contributed by atoms with E-state index in [1.54, 1.807) is 6.92 Å². The Labute approximate surface area is 145 Å². The maximum Gasteiger partial charge on any atom is 0.305 e. The molecule has 2 aromatic rings. The summed E-state index contributed by atoms with van der Waals surface area (Å²) in [5, 5.41) is 24.3. The largest absolute Gasteiger partial charge is 0.481 e. The molecule has 1 aliphatic rings. The fourth-order valence-electron chi connectivity index (χ4n) is 3.25. The third kappa shape index (κ3) is 3.84. The number of nitrogens with zero attached hydrogens (tertiary/aromatic N) is 4. The van der Waals surface area contributed by atoms with Crippen molar-refractivity contribution in [3.05, 3.63) is 30.3 Å². The van der Waals surface area contributed by atoms with E-state index in [1.807, 2.05) is 30.3 Å². The third-order valence-corrected chi connectivity index (χ3v) is 4.62. The van der Waals surface area contributed by atoms with E-state index in [0.29, 0.717) is 18.7 Å². The molecule has 1 atom stereocenters. The van der Waals surface area contributed by atoms with Crippen LogP contribution in [0, 0.1) is 0 Å². The smallest absolute Gasteiger partial charge is 0.305 e. The fraction of sp³-hybridized carbons (Fsp3) is 0.471. The zero-order valence-corrected chi connectivity index (χ0v) is 14.1. The van der Waals surface area contributed by atoms with Crippen LogP contribution in [0.2, 0.25) is 0 Å². The molecule has 1 aromatic carbocycles. The second-order valence-corrected chi connectivity index (χ2v) is 6.52. The molecule has 0 saturated heterocycles. The topological polar surface area (TPSA) is 110 Å². The molecule has 1 aliphatic carbocycles. The Morgan fingerprint density at radius 1 is 1.28 bits per heavy atom. The van der Waals surface area contributed by atoms with Crippen molar-refractivity contribution in [2.24, 2.45) is 0 Å². The zero-order valence-electron chi connectivity index (χ0n) is 14.1. The van der Waals surface area contributed by atoms with Crippen molar-refractivity contribution in [3.63, 3.8) is 0 Å². The van der Waals surface area contributed by atoms with Gasteiger partial charge < -0.3 is 10.4 Å². The van der Waals surface area contributed by atoms with Gasteiger partial charge in [-0.2, -0.15) is 4.80 Å². The number of carbonyl (C=O) groups is 2. The first-order chi connectivity index (χ1) is 12.0. The average molecular weight is 343 g/mol. The SMILES string of the molecule is CC(C(=O)NC1(CC(=O)O)CCCC1)n1nnc(-c2ccccc2)n1. The van der Waals surface area contributed by atoms with E-state index in [2.05, 4.69) is 20.7 Å². The van der Waals surface area contributed by atoms with E-state index in [9.17, 15) is 9.59 Å². The van der Waals surface area contributed by atoms with Gasteiger partial charge in [-0.15, -0.1) is 10.2 Å². The van der Waals surface area contributed by atoms with Gasteiger partial charge in [-0.25, -0.2) is 0 Å². The molecule has 25 heavy (non-hydrogen) atoms. The van der Waals surface area contributed by atoms with Gasteiger partial charge in [0.05, 0.1) is 12.0 Å². The number of carbonyl (C=O) groups excluding carboxylic acids is 1. The van der Waals surface area contributed by atoms with E-state index >= 15 is 0 Å². The van der Waals surface area contributed by atoms with Gasteiger partial charge in [-0.05, 0) is 25.0 Å². The van der Waals surface area contributed by atoms with E-state index in [-0.39, 0.29) is 12.3 Å². The lowest BCUT2D eigenvalue weighted by molar-refractivity contribution is -0.139. The normalized spacial score (nSPS) is 17.2. The van der Waals surface area contributed by atoms with Crippen LogP contribution >= 0.6 is 0 Å². The zero-order chi connectivity index (χ0) is 17.9. The highest BCUT2D eigenvalue weighted by molar-refractivity contribution is 5.81. The Hall–Kier alpha value is -2.77. The number of hydrogen-bond donors (Lipinski definition) is 2. The Bertz CT molecular complexity index is 753. The maximum atomic E-state index is 12.6.